The second-order valence-electron chi connectivity index (χ2n) is 4.42. The lowest BCUT2D eigenvalue weighted by atomic mass is 10.2. The fourth-order valence-electron chi connectivity index (χ4n) is 1.69. The Morgan fingerprint density at radius 1 is 0.957 bits per heavy atom. The van der Waals surface area contributed by atoms with Gasteiger partial charge in [-0.1, -0.05) is 47.5 Å². The van der Waals surface area contributed by atoms with Crippen molar-refractivity contribution in [1.82, 2.24) is 5.32 Å². The summed E-state index contributed by atoms with van der Waals surface area (Å²) in [6, 6.07) is 12.7. The summed E-state index contributed by atoms with van der Waals surface area (Å²) in [7, 11) is 0. The van der Waals surface area contributed by atoms with Crippen molar-refractivity contribution in [3.63, 3.8) is 0 Å². The van der Waals surface area contributed by atoms with Crippen molar-refractivity contribution in [2.24, 2.45) is 0 Å². The highest BCUT2D eigenvalue weighted by Crippen LogP contribution is 2.25. The summed E-state index contributed by atoms with van der Waals surface area (Å²) in [5.41, 5.74) is 0.367. The zero-order chi connectivity index (χ0) is 16.8. The Bertz CT molecular complexity index is 747. The van der Waals surface area contributed by atoms with Gasteiger partial charge >= 0.3 is 5.97 Å². The first-order chi connectivity index (χ1) is 11.0. The SMILES string of the molecule is O=C(COC(=O)c1cccc(Cl)c1Cl)NC(=O)c1ccccc1. The van der Waals surface area contributed by atoms with Crippen molar-refractivity contribution in [3.8, 4) is 0 Å². The van der Waals surface area contributed by atoms with Gasteiger partial charge in [0.25, 0.3) is 11.8 Å². The van der Waals surface area contributed by atoms with Gasteiger partial charge in [0, 0.05) is 5.56 Å². The van der Waals surface area contributed by atoms with Crippen molar-refractivity contribution in [2.45, 2.75) is 0 Å². The minimum atomic E-state index is -0.806. The van der Waals surface area contributed by atoms with Gasteiger partial charge in [-0.05, 0) is 24.3 Å². The van der Waals surface area contributed by atoms with Gasteiger partial charge in [-0.25, -0.2) is 4.79 Å². The fraction of sp³-hybridized carbons (Fsp3) is 0.0625. The molecule has 7 heteroatoms. The second-order valence-corrected chi connectivity index (χ2v) is 5.21. The molecule has 23 heavy (non-hydrogen) atoms. The molecule has 0 radical (unpaired) electrons. The van der Waals surface area contributed by atoms with Crippen LogP contribution in [-0.4, -0.2) is 24.4 Å². The molecule has 0 bridgehead atoms. The number of benzene rings is 2. The van der Waals surface area contributed by atoms with Crippen molar-refractivity contribution >= 4 is 41.0 Å². The van der Waals surface area contributed by atoms with Crippen LogP contribution in [0.3, 0.4) is 0 Å². The molecule has 0 saturated heterocycles. The normalized spacial score (nSPS) is 10.0. The third kappa shape index (κ3) is 4.55. The van der Waals surface area contributed by atoms with Gasteiger partial charge in [-0.15, -0.1) is 0 Å². The van der Waals surface area contributed by atoms with Crippen LogP contribution >= 0.6 is 23.2 Å². The van der Waals surface area contributed by atoms with Crippen LogP contribution in [0.15, 0.2) is 48.5 Å². The maximum absolute atomic E-state index is 11.8. The highest BCUT2D eigenvalue weighted by atomic mass is 35.5. The van der Waals surface area contributed by atoms with E-state index >= 15 is 0 Å². The van der Waals surface area contributed by atoms with Crippen LogP contribution in [0.1, 0.15) is 20.7 Å². The van der Waals surface area contributed by atoms with Crippen molar-refractivity contribution in [1.29, 1.82) is 0 Å². The maximum atomic E-state index is 11.8. The molecule has 0 spiro atoms. The third-order valence-corrected chi connectivity index (χ3v) is 3.61. The van der Waals surface area contributed by atoms with E-state index < -0.39 is 24.4 Å². The molecule has 2 amide bonds. The molecule has 0 atom stereocenters. The van der Waals surface area contributed by atoms with Crippen LogP contribution in [0.4, 0.5) is 0 Å². The average Bonchev–Trinajstić information content (AvgIpc) is 2.56. The molecule has 118 valence electrons. The number of amides is 2. The minimum absolute atomic E-state index is 0.0416. The van der Waals surface area contributed by atoms with Gasteiger partial charge in [-0.2, -0.15) is 0 Å². The Kier molecular flexibility index (Phi) is 5.73. The standard InChI is InChI=1S/C16H11Cl2NO4/c17-12-8-4-7-11(14(12)18)16(22)23-9-13(20)19-15(21)10-5-2-1-3-6-10/h1-8H,9H2,(H,19,20,21). The first-order valence-corrected chi connectivity index (χ1v) is 7.25. The van der Waals surface area contributed by atoms with E-state index in [0.717, 1.165) is 0 Å². The van der Waals surface area contributed by atoms with E-state index in [4.69, 9.17) is 27.9 Å². The van der Waals surface area contributed by atoms with E-state index in [-0.39, 0.29) is 15.6 Å². The molecule has 2 rings (SSSR count). The summed E-state index contributed by atoms with van der Waals surface area (Å²) in [4.78, 5) is 35.3. The number of hydrogen-bond donors (Lipinski definition) is 1. The van der Waals surface area contributed by atoms with E-state index in [0.29, 0.717) is 5.56 Å². The molecule has 0 heterocycles. The smallest absolute Gasteiger partial charge is 0.340 e. The minimum Gasteiger partial charge on any atom is -0.452 e. The molecule has 0 aromatic heterocycles. The monoisotopic (exact) mass is 351 g/mol. The van der Waals surface area contributed by atoms with Gasteiger partial charge in [0.05, 0.1) is 15.6 Å². The summed E-state index contributed by atoms with van der Waals surface area (Å²) >= 11 is 11.7. The lowest BCUT2D eigenvalue weighted by Gasteiger charge is -2.07. The van der Waals surface area contributed by atoms with E-state index in [1.807, 2.05) is 0 Å². The highest BCUT2D eigenvalue weighted by molar-refractivity contribution is 6.43. The summed E-state index contributed by atoms with van der Waals surface area (Å²) < 4.78 is 4.82. The van der Waals surface area contributed by atoms with Crippen molar-refractivity contribution in [3.05, 3.63) is 69.7 Å². The average molecular weight is 352 g/mol. The Morgan fingerprint density at radius 2 is 1.65 bits per heavy atom. The Balaban J connectivity index is 1.90. The number of carbonyl (C=O) groups excluding carboxylic acids is 3. The Morgan fingerprint density at radius 3 is 2.35 bits per heavy atom. The number of imide groups is 1. The van der Waals surface area contributed by atoms with Crippen LogP contribution in [0.5, 0.6) is 0 Å². The Labute approximate surface area is 142 Å². The number of esters is 1. The second kappa shape index (κ2) is 7.76. The van der Waals surface area contributed by atoms with Crippen LogP contribution in [0.25, 0.3) is 0 Å². The van der Waals surface area contributed by atoms with Crippen LogP contribution in [-0.2, 0) is 9.53 Å². The molecule has 2 aromatic rings. The molecule has 0 aliphatic rings. The largest absolute Gasteiger partial charge is 0.452 e. The molecule has 0 aliphatic heterocycles. The van der Waals surface area contributed by atoms with Gasteiger partial charge in [-0.3, -0.25) is 14.9 Å². The van der Waals surface area contributed by atoms with Gasteiger partial charge in [0.2, 0.25) is 0 Å². The van der Waals surface area contributed by atoms with Gasteiger partial charge in [0.1, 0.15) is 0 Å². The lowest BCUT2D eigenvalue weighted by molar-refractivity contribution is -0.123. The van der Waals surface area contributed by atoms with E-state index in [1.165, 1.54) is 18.2 Å². The number of nitrogens with one attached hydrogen (secondary N) is 1. The first-order valence-electron chi connectivity index (χ1n) is 6.49. The van der Waals surface area contributed by atoms with Gasteiger partial charge < -0.3 is 4.74 Å². The highest BCUT2D eigenvalue weighted by Gasteiger charge is 2.16. The molecule has 2 aromatic carbocycles. The number of halogens is 2. The molecule has 0 fully saturated rings. The maximum Gasteiger partial charge on any atom is 0.340 e. The van der Waals surface area contributed by atoms with E-state index in [2.05, 4.69) is 5.32 Å². The predicted octanol–water partition coefficient (Wildman–Crippen LogP) is 3.11. The number of carbonyl (C=O) groups is 3. The predicted molar refractivity (Wildman–Crippen MR) is 85.7 cm³/mol. The molecule has 0 aliphatic carbocycles. The summed E-state index contributed by atoms with van der Waals surface area (Å²) in [6.07, 6.45) is 0. The molecule has 0 unspecified atom stereocenters. The summed E-state index contributed by atoms with van der Waals surface area (Å²) in [5, 5.41) is 2.36. The zero-order valence-electron chi connectivity index (χ0n) is 11.7. The van der Waals surface area contributed by atoms with Crippen molar-refractivity contribution < 1.29 is 19.1 Å². The zero-order valence-corrected chi connectivity index (χ0v) is 13.2. The summed E-state index contributed by atoms with van der Waals surface area (Å²) in [6.45, 7) is -0.611. The molecule has 0 saturated carbocycles. The van der Waals surface area contributed by atoms with Crippen LogP contribution in [0, 0.1) is 0 Å². The lowest BCUT2D eigenvalue weighted by Crippen LogP contribution is -2.34. The molecular weight excluding hydrogens is 341 g/mol. The van der Waals surface area contributed by atoms with Gasteiger partial charge in [0.15, 0.2) is 6.61 Å². The topological polar surface area (TPSA) is 72.5 Å². The number of hydrogen-bond acceptors (Lipinski definition) is 4. The van der Waals surface area contributed by atoms with Crippen LogP contribution in [0.2, 0.25) is 10.0 Å². The molecule has 1 N–H and O–H groups in total. The van der Waals surface area contributed by atoms with E-state index in [9.17, 15) is 14.4 Å². The molecule has 5 nitrogen and oxygen atoms in total. The number of rotatable bonds is 4. The fourth-order valence-corrected chi connectivity index (χ4v) is 2.07. The Hall–Kier alpha value is -2.37. The number of ether oxygens (including phenoxy) is 1. The first kappa shape index (κ1) is 17.0. The molecular formula is C16H11Cl2NO4. The van der Waals surface area contributed by atoms with Crippen LogP contribution < -0.4 is 5.32 Å². The van der Waals surface area contributed by atoms with E-state index in [1.54, 1.807) is 30.3 Å². The van der Waals surface area contributed by atoms with Crippen molar-refractivity contribution in [2.75, 3.05) is 6.61 Å². The summed E-state index contributed by atoms with van der Waals surface area (Å²) in [5.74, 6) is -2.13. The third-order valence-electron chi connectivity index (χ3n) is 2.79. The quantitative estimate of drug-likeness (QED) is 0.859.